The summed E-state index contributed by atoms with van der Waals surface area (Å²) in [6.07, 6.45) is 8.60. The molecule has 0 unspecified atom stereocenters. The predicted molar refractivity (Wildman–Crippen MR) is 184 cm³/mol. The molecule has 7 aliphatic rings. The summed E-state index contributed by atoms with van der Waals surface area (Å²) in [5.41, 5.74) is -3.38. The van der Waals surface area contributed by atoms with Crippen molar-refractivity contribution in [2.75, 3.05) is 13.1 Å². The number of rotatable bonds is 6. The molecule has 53 heavy (non-hydrogen) atoms. The number of hydrogen-bond donors (Lipinski definition) is 4. The van der Waals surface area contributed by atoms with Crippen LogP contribution >= 0.6 is 0 Å². The molecule has 0 atom stereocenters. The maximum absolute atomic E-state index is 14.9. The van der Waals surface area contributed by atoms with Crippen LogP contribution in [0.5, 0.6) is 0 Å². The van der Waals surface area contributed by atoms with Gasteiger partial charge in [0.05, 0.1) is 45.8 Å². The smallest absolute Gasteiger partial charge is 0.320 e. The summed E-state index contributed by atoms with van der Waals surface area (Å²) in [6.45, 7) is 0.996. The van der Waals surface area contributed by atoms with Crippen LogP contribution in [-0.4, -0.2) is 118 Å². The van der Waals surface area contributed by atoms with Crippen molar-refractivity contribution in [1.82, 2.24) is 19.9 Å². The molecule has 0 aromatic heterocycles. The molecule has 3 heterocycles. The molecule has 7 rings (SSSR count). The molecule has 15 nitrogen and oxygen atoms in total. The van der Waals surface area contributed by atoms with Crippen LogP contribution in [-0.2, 0) is 29.6 Å². The van der Waals surface area contributed by atoms with E-state index in [-0.39, 0.29) is 18.1 Å². The number of urea groups is 1. The van der Waals surface area contributed by atoms with Gasteiger partial charge in [0.15, 0.2) is 0 Å². The van der Waals surface area contributed by atoms with E-state index < -0.39 is 69.7 Å². The number of carbonyl (C=O) groups is 5. The summed E-state index contributed by atoms with van der Waals surface area (Å²) >= 11 is 0. The second-order valence-electron chi connectivity index (χ2n) is 18.1. The number of carboxylic acids is 4. The first-order valence-corrected chi connectivity index (χ1v) is 20.1. The second-order valence-corrected chi connectivity index (χ2v) is 18.1. The van der Waals surface area contributed by atoms with Crippen LogP contribution in [0.1, 0.15) is 135 Å². The van der Waals surface area contributed by atoms with Crippen molar-refractivity contribution in [3.8, 4) is 0 Å². The largest absolute Gasteiger partial charge is 0.481 e. The van der Waals surface area contributed by atoms with E-state index in [1.54, 1.807) is 0 Å². The van der Waals surface area contributed by atoms with Crippen molar-refractivity contribution in [3.05, 3.63) is 0 Å². The van der Waals surface area contributed by atoms with Gasteiger partial charge in [-0.3, -0.25) is 19.2 Å². The van der Waals surface area contributed by atoms with Gasteiger partial charge >= 0.3 is 29.9 Å². The number of nitrogens with zero attached hydrogens (tertiary/aromatic N) is 4. The zero-order valence-electron chi connectivity index (χ0n) is 30.7. The molecule has 0 bridgehead atoms. The molecule has 294 valence electrons. The highest BCUT2D eigenvalue weighted by Gasteiger charge is 2.61. The highest BCUT2D eigenvalue weighted by atomic mass is 16.5. The van der Waals surface area contributed by atoms with Gasteiger partial charge in [0.25, 0.3) is 0 Å². The maximum Gasteiger partial charge on any atom is 0.320 e. The van der Waals surface area contributed by atoms with E-state index in [1.165, 1.54) is 10.1 Å². The second kappa shape index (κ2) is 14.2. The van der Waals surface area contributed by atoms with Gasteiger partial charge in [0.2, 0.25) is 0 Å². The van der Waals surface area contributed by atoms with Gasteiger partial charge in [-0.2, -0.15) is 0 Å². The van der Waals surface area contributed by atoms with Crippen LogP contribution in [0.3, 0.4) is 0 Å². The third kappa shape index (κ3) is 6.71. The summed E-state index contributed by atoms with van der Waals surface area (Å²) in [5, 5.41) is 70.6. The lowest BCUT2D eigenvalue weighted by Gasteiger charge is -2.62. The Hall–Kier alpha value is -3.01. The van der Waals surface area contributed by atoms with Crippen molar-refractivity contribution in [2.45, 2.75) is 169 Å². The average molecular weight is 745 g/mol. The highest BCUT2D eigenvalue weighted by Crippen LogP contribution is 2.55. The quantitative estimate of drug-likeness (QED) is 0.290. The van der Waals surface area contributed by atoms with Crippen molar-refractivity contribution in [1.29, 1.82) is 0 Å². The fourth-order valence-corrected chi connectivity index (χ4v) is 12.4. The van der Waals surface area contributed by atoms with Crippen molar-refractivity contribution in [2.24, 2.45) is 23.7 Å². The molecule has 2 radical (unpaired) electrons. The predicted octanol–water partition coefficient (Wildman–Crippen LogP) is 4.79. The molecule has 0 aromatic carbocycles. The molecule has 4 saturated carbocycles. The zero-order chi connectivity index (χ0) is 37.9. The normalized spacial score (nSPS) is 43.0. The average Bonchev–Trinajstić information content (AvgIpc) is 3.13. The number of amides is 2. The zero-order valence-corrected chi connectivity index (χ0v) is 30.7. The maximum atomic E-state index is 14.9. The van der Waals surface area contributed by atoms with Gasteiger partial charge in [0.1, 0.15) is 0 Å². The Morgan fingerprint density at radius 2 is 0.679 bits per heavy atom. The van der Waals surface area contributed by atoms with Crippen LogP contribution in [0.2, 0.25) is 0 Å². The number of piperidine rings is 2. The Balaban J connectivity index is 1.16. The molecule has 2 amide bonds. The Morgan fingerprint density at radius 1 is 0.453 bits per heavy atom. The molecule has 7 fully saturated rings. The third-order valence-electron chi connectivity index (χ3n) is 15.4. The topological polar surface area (TPSA) is 219 Å². The van der Waals surface area contributed by atoms with E-state index in [1.807, 2.05) is 9.80 Å². The van der Waals surface area contributed by atoms with Crippen LogP contribution in [0.25, 0.3) is 0 Å². The number of aliphatic carboxylic acids is 4. The van der Waals surface area contributed by atoms with Crippen molar-refractivity contribution < 1.29 is 54.8 Å². The molecule has 4 N–H and O–H groups in total. The number of carbonyl (C=O) groups excluding carboxylic acids is 1. The molecule has 0 aromatic rings. The lowest BCUT2D eigenvalue weighted by Crippen LogP contribution is -2.71. The summed E-state index contributed by atoms with van der Waals surface area (Å²) in [7, 11) is 0. The minimum atomic E-state index is -0.865. The fraction of sp³-hybridized carbons (Fsp3) is 0.868. The van der Waals surface area contributed by atoms with E-state index in [2.05, 4.69) is 0 Å². The fourth-order valence-electron chi connectivity index (χ4n) is 12.4. The minimum absolute atomic E-state index is 0.141. The van der Waals surface area contributed by atoms with Crippen LogP contribution in [0, 0.1) is 23.7 Å². The minimum Gasteiger partial charge on any atom is -0.481 e. The number of carboxylic acid groups (broad SMARTS) is 4. The van der Waals surface area contributed by atoms with Gasteiger partial charge < -0.3 is 30.2 Å². The van der Waals surface area contributed by atoms with Crippen LogP contribution in [0.15, 0.2) is 0 Å². The molecule has 3 saturated heterocycles. The summed E-state index contributed by atoms with van der Waals surface area (Å²) in [6, 6.07) is -0.729. The summed E-state index contributed by atoms with van der Waals surface area (Å²) in [4.78, 5) is 66.3. The Labute approximate surface area is 310 Å². The Kier molecular flexibility index (Phi) is 10.3. The Morgan fingerprint density at radius 3 is 0.887 bits per heavy atom. The van der Waals surface area contributed by atoms with Crippen molar-refractivity contribution in [3.63, 3.8) is 0 Å². The first kappa shape index (κ1) is 38.3. The molecule has 4 spiro atoms. The van der Waals surface area contributed by atoms with Crippen LogP contribution in [0.4, 0.5) is 4.79 Å². The van der Waals surface area contributed by atoms with Crippen LogP contribution < -0.4 is 0 Å². The standard InChI is InChI=1S/C38H56N4O11/c43-30(44)24-2-10-35(11-3-24)20-28(21-36(41(35)52)12-4-25(5-13-36)31(45)46)39-18-1-19-40(34(39)51)29-22-37(14-6-26(7-15-37)32(47)48)42(53)38(23-29)16-8-27(9-17-38)33(49)50/h24-29H,1-23H2,(H,43,44)(H,45,46)(H,47,48)(H,49,50). The van der Waals surface area contributed by atoms with Crippen molar-refractivity contribution >= 4 is 29.9 Å². The molecule has 4 aliphatic carbocycles. The molecule has 15 heteroatoms. The lowest BCUT2D eigenvalue weighted by molar-refractivity contribution is -0.327. The first-order valence-electron chi connectivity index (χ1n) is 20.1. The monoisotopic (exact) mass is 744 g/mol. The molecular formula is C38H56N4O11. The highest BCUT2D eigenvalue weighted by molar-refractivity contribution is 5.76. The Bertz CT molecular complexity index is 1250. The first-order chi connectivity index (χ1) is 25.1. The van der Waals surface area contributed by atoms with E-state index in [0.29, 0.717) is 148 Å². The number of hydroxylamine groups is 4. The van der Waals surface area contributed by atoms with E-state index >= 15 is 0 Å². The molecular weight excluding hydrogens is 688 g/mol. The van der Waals surface area contributed by atoms with E-state index in [0.717, 1.165) is 0 Å². The van der Waals surface area contributed by atoms with Gasteiger partial charge in [-0.1, -0.05) is 0 Å². The third-order valence-corrected chi connectivity index (χ3v) is 15.4. The summed E-state index contributed by atoms with van der Waals surface area (Å²) < 4.78 is 0. The van der Waals surface area contributed by atoms with Gasteiger partial charge in [-0.05, 0) is 135 Å². The van der Waals surface area contributed by atoms with Gasteiger partial charge in [-0.15, -0.1) is 20.5 Å². The molecule has 3 aliphatic heterocycles. The summed E-state index contributed by atoms with van der Waals surface area (Å²) in [5.74, 6) is -5.56. The SMILES string of the molecule is [O]N1C2(CCC(C(=O)O)CC2)CC(N2CCCN(C3CC4(CCC(C(=O)O)CC4)N([O])C4(CCC(C(=O)O)CC4)C3)C2=O)CC12CCC(C(=O)O)CC2. The van der Waals surface area contributed by atoms with Gasteiger partial charge in [0, 0.05) is 25.2 Å². The van der Waals surface area contributed by atoms with E-state index in [4.69, 9.17) is 0 Å². The lowest BCUT2D eigenvalue weighted by atomic mass is 9.62. The van der Waals surface area contributed by atoms with Gasteiger partial charge in [-0.25, -0.2) is 4.79 Å². The van der Waals surface area contributed by atoms with E-state index in [9.17, 15) is 54.8 Å². The number of hydrogen-bond acceptors (Lipinski definition) is 7.